The van der Waals surface area contributed by atoms with E-state index in [9.17, 15) is 4.79 Å². The van der Waals surface area contributed by atoms with Crippen molar-refractivity contribution in [3.63, 3.8) is 0 Å². The van der Waals surface area contributed by atoms with Gasteiger partial charge >= 0.3 is 0 Å². The van der Waals surface area contributed by atoms with Gasteiger partial charge in [0, 0.05) is 45.4 Å². The van der Waals surface area contributed by atoms with Crippen molar-refractivity contribution in [2.24, 2.45) is 0 Å². The largest absolute Gasteiger partial charge is 0.381 e. The maximum atomic E-state index is 13.2. The summed E-state index contributed by atoms with van der Waals surface area (Å²) in [6.07, 6.45) is 3.60. The SMILES string of the molecule is O=C(Cn1cnc2ccccc21)N(CCN1CCOCC1)C1CCOCC1. The Balaban J connectivity index is 1.45. The van der Waals surface area contributed by atoms with Crippen molar-refractivity contribution in [2.45, 2.75) is 25.4 Å². The monoisotopic (exact) mass is 372 g/mol. The first kappa shape index (κ1) is 18.4. The van der Waals surface area contributed by atoms with Gasteiger partial charge in [-0.3, -0.25) is 9.69 Å². The Kier molecular flexibility index (Phi) is 6.01. The molecule has 2 saturated heterocycles. The number of morpholine rings is 1. The molecule has 0 aliphatic carbocycles. The van der Waals surface area contributed by atoms with E-state index in [1.54, 1.807) is 6.33 Å². The first-order valence-corrected chi connectivity index (χ1v) is 9.88. The maximum Gasteiger partial charge on any atom is 0.242 e. The third kappa shape index (κ3) is 4.48. The Morgan fingerprint density at radius 1 is 1.11 bits per heavy atom. The molecule has 7 heteroatoms. The minimum absolute atomic E-state index is 0.165. The summed E-state index contributed by atoms with van der Waals surface area (Å²) in [4.78, 5) is 22.1. The minimum atomic E-state index is 0.165. The molecule has 0 unspecified atom stereocenters. The van der Waals surface area contributed by atoms with Crippen LogP contribution in [0.5, 0.6) is 0 Å². The second-order valence-electron chi connectivity index (χ2n) is 7.25. The zero-order chi connectivity index (χ0) is 18.5. The van der Waals surface area contributed by atoms with Crippen molar-refractivity contribution in [1.82, 2.24) is 19.4 Å². The van der Waals surface area contributed by atoms with Crippen molar-refractivity contribution in [3.05, 3.63) is 30.6 Å². The number of ether oxygens (including phenoxy) is 2. The van der Waals surface area contributed by atoms with Gasteiger partial charge in [-0.25, -0.2) is 4.98 Å². The average Bonchev–Trinajstić information content (AvgIpc) is 3.13. The van der Waals surface area contributed by atoms with Gasteiger partial charge in [0.25, 0.3) is 0 Å². The third-order valence-electron chi connectivity index (χ3n) is 5.55. The van der Waals surface area contributed by atoms with Gasteiger partial charge in [0.1, 0.15) is 6.54 Å². The second-order valence-corrected chi connectivity index (χ2v) is 7.25. The van der Waals surface area contributed by atoms with Gasteiger partial charge in [-0.1, -0.05) is 12.1 Å². The zero-order valence-corrected chi connectivity index (χ0v) is 15.8. The van der Waals surface area contributed by atoms with Crippen molar-refractivity contribution in [1.29, 1.82) is 0 Å². The molecule has 27 heavy (non-hydrogen) atoms. The number of fused-ring (bicyclic) bond motifs is 1. The molecule has 0 radical (unpaired) electrons. The predicted molar refractivity (Wildman–Crippen MR) is 103 cm³/mol. The molecule has 146 valence electrons. The molecule has 0 spiro atoms. The van der Waals surface area contributed by atoms with E-state index >= 15 is 0 Å². The number of imidazole rings is 1. The Hall–Kier alpha value is -1.96. The summed E-state index contributed by atoms with van der Waals surface area (Å²) in [7, 11) is 0. The number of rotatable bonds is 6. The molecule has 1 aromatic heterocycles. The van der Waals surface area contributed by atoms with E-state index < -0.39 is 0 Å². The van der Waals surface area contributed by atoms with Crippen molar-refractivity contribution in [2.75, 3.05) is 52.6 Å². The summed E-state index contributed by atoms with van der Waals surface area (Å²) in [6.45, 7) is 6.93. The highest BCUT2D eigenvalue weighted by molar-refractivity contribution is 5.80. The Bertz CT molecular complexity index is 751. The lowest BCUT2D eigenvalue weighted by Crippen LogP contribution is -2.49. The van der Waals surface area contributed by atoms with Crippen molar-refractivity contribution < 1.29 is 14.3 Å². The van der Waals surface area contributed by atoms with Crippen LogP contribution in [0, 0.1) is 0 Å². The van der Waals surface area contributed by atoms with Crippen LogP contribution in [0.15, 0.2) is 30.6 Å². The van der Waals surface area contributed by atoms with Gasteiger partial charge in [0.15, 0.2) is 0 Å². The van der Waals surface area contributed by atoms with E-state index in [4.69, 9.17) is 9.47 Å². The molecule has 3 heterocycles. The number of hydrogen-bond acceptors (Lipinski definition) is 5. The van der Waals surface area contributed by atoms with Gasteiger partial charge < -0.3 is 18.9 Å². The fourth-order valence-electron chi connectivity index (χ4n) is 3.95. The number of hydrogen-bond donors (Lipinski definition) is 0. The summed E-state index contributed by atoms with van der Waals surface area (Å²) in [5, 5.41) is 0. The van der Waals surface area contributed by atoms with Gasteiger partial charge in [-0.2, -0.15) is 0 Å². The van der Waals surface area contributed by atoms with E-state index in [2.05, 4.69) is 14.8 Å². The highest BCUT2D eigenvalue weighted by Crippen LogP contribution is 2.17. The van der Waals surface area contributed by atoms with Crippen LogP contribution in [0.2, 0.25) is 0 Å². The zero-order valence-electron chi connectivity index (χ0n) is 15.8. The van der Waals surface area contributed by atoms with Gasteiger partial charge in [0.05, 0.1) is 30.6 Å². The van der Waals surface area contributed by atoms with Crippen molar-refractivity contribution >= 4 is 16.9 Å². The average molecular weight is 372 g/mol. The number of carbonyl (C=O) groups excluding carboxylic acids is 1. The number of amides is 1. The molecular weight excluding hydrogens is 344 g/mol. The van der Waals surface area contributed by atoms with Gasteiger partial charge in [0.2, 0.25) is 5.91 Å². The summed E-state index contributed by atoms with van der Waals surface area (Å²) < 4.78 is 12.9. The van der Waals surface area contributed by atoms with Crippen LogP contribution < -0.4 is 0 Å². The van der Waals surface area contributed by atoms with Crippen LogP contribution in [0.4, 0.5) is 0 Å². The molecule has 1 aromatic carbocycles. The standard InChI is InChI=1S/C20H28N4O3/c25-20(15-23-16-21-18-3-1-2-4-19(18)23)24(17-5-11-26-12-6-17)8-7-22-9-13-27-14-10-22/h1-4,16-17H,5-15H2. The van der Waals surface area contributed by atoms with Crippen LogP contribution in [0.1, 0.15) is 12.8 Å². The summed E-state index contributed by atoms with van der Waals surface area (Å²) in [5.74, 6) is 0.165. The van der Waals surface area contributed by atoms with E-state index in [-0.39, 0.29) is 11.9 Å². The molecule has 4 rings (SSSR count). The van der Waals surface area contributed by atoms with Crippen LogP contribution >= 0.6 is 0 Å². The normalized spacial score (nSPS) is 19.4. The molecule has 0 atom stereocenters. The number of aromatic nitrogens is 2. The second kappa shape index (κ2) is 8.82. The molecule has 2 aromatic rings. The highest BCUT2D eigenvalue weighted by atomic mass is 16.5. The quantitative estimate of drug-likeness (QED) is 0.767. The van der Waals surface area contributed by atoms with Crippen LogP contribution in [-0.4, -0.2) is 83.9 Å². The van der Waals surface area contributed by atoms with Crippen LogP contribution in [0.25, 0.3) is 11.0 Å². The maximum absolute atomic E-state index is 13.2. The van der Waals surface area contributed by atoms with E-state index in [1.165, 1.54) is 0 Å². The van der Waals surface area contributed by atoms with Gasteiger partial charge in [-0.05, 0) is 25.0 Å². The molecule has 0 bridgehead atoms. The summed E-state index contributed by atoms with van der Waals surface area (Å²) in [6, 6.07) is 8.22. The molecular formula is C20H28N4O3. The molecule has 2 aliphatic heterocycles. The number of carbonyl (C=O) groups is 1. The summed E-state index contributed by atoms with van der Waals surface area (Å²) >= 11 is 0. The first-order valence-electron chi connectivity index (χ1n) is 9.88. The molecule has 0 saturated carbocycles. The van der Waals surface area contributed by atoms with Crippen molar-refractivity contribution in [3.8, 4) is 0 Å². The predicted octanol–water partition coefficient (Wildman–Crippen LogP) is 1.38. The number of para-hydroxylation sites is 2. The lowest BCUT2D eigenvalue weighted by Gasteiger charge is -2.36. The lowest BCUT2D eigenvalue weighted by atomic mass is 10.1. The third-order valence-corrected chi connectivity index (χ3v) is 5.55. The Labute approximate surface area is 159 Å². The van der Waals surface area contributed by atoms with Crippen LogP contribution in [-0.2, 0) is 20.8 Å². The van der Waals surface area contributed by atoms with E-state index in [0.717, 1.165) is 76.5 Å². The van der Waals surface area contributed by atoms with Gasteiger partial charge in [-0.15, -0.1) is 0 Å². The highest BCUT2D eigenvalue weighted by Gasteiger charge is 2.26. The van der Waals surface area contributed by atoms with E-state index in [0.29, 0.717) is 6.54 Å². The van der Waals surface area contributed by atoms with Crippen LogP contribution in [0.3, 0.4) is 0 Å². The molecule has 2 aliphatic rings. The molecule has 0 N–H and O–H groups in total. The molecule has 1 amide bonds. The smallest absolute Gasteiger partial charge is 0.242 e. The lowest BCUT2D eigenvalue weighted by molar-refractivity contribution is -0.136. The summed E-state index contributed by atoms with van der Waals surface area (Å²) in [5.41, 5.74) is 1.93. The molecule has 2 fully saturated rings. The fraction of sp³-hybridized carbons (Fsp3) is 0.600. The van der Waals surface area contributed by atoms with E-state index in [1.807, 2.05) is 28.8 Å². The number of benzene rings is 1. The Morgan fingerprint density at radius 3 is 2.67 bits per heavy atom. The minimum Gasteiger partial charge on any atom is -0.381 e. The Morgan fingerprint density at radius 2 is 1.85 bits per heavy atom. The number of nitrogens with zero attached hydrogens (tertiary/aromatic N) is 4. The topological polar surface area (TPSA) is 59.8 Å². The molecule has 7 nitrogen and oxygen atoms in total. The first-order chi connectivity index (χ1) is 13.3. The fourth-order valence-corrected chi connectivity index (χ4v) is 3.95.